The minimum absolute atomic E-state index is 0.0267. The Labute approximate surface area is 172 Å². The third kappa shape index (κ3) is 3.79. The maximum atomic E-state index is 12.1. The molecule has 2 heterocycles. The smallest absolute Gasteiger partial charge is 0.338 e. The fourth-order valence-electron chi connectivity index (χ4n) is 4.89. The second kappa shape index (κ2) is 7.99. The van der Waals surface area contributed by atoms with E-state index in [1.807, 2.05) is 29.2 Å². The number of piperidine rings is 1. The molecule has 2 aliphatic heterocycles. The number of rotatable bonds is 3. The predicted molar refractivity (Wildman–Crippen MR) is 112 cm³/mol. The number of likely N-dealkylation sites (tertiary alicyclic amines) is 1. The lowest BCUT2D eigenvalue weighted by Crippen LogP contribution is -2.52. The highest BCUT2D eigenvalue weighted by molar-refractivity contribution is 5.90. The Bertz CT molecular complexity index is 916. The molecular weight excluding hydrogens is 364 g/mol. The third-order valence-corrected chi connectivity index (χ3v) is 6.52. The third-order valence-electron chi connectivity index (χ3n) is 6.52. The first-order valence-corrected chi connectivity index (χ1v) is 10.2. The number of carbonyl (C=O) groups is 2. The van der Waals surface area contributed by atoms with Crippen LogP contribution in [-0.2, 0) is 28.0 Å². The summed E-state index contributed by atoms with van der Waals surface area (Å²) in [7, 11) is 1.42. The largest absolute Gasteiger partial charge is 0.465 e. The number of esters is 1. The summed E-state index contributed by atoms with van der Waals surface area (Å²) >= 11 is 0. The Morgan fingerprint density at radius 3 is 2.45 bits per heavy atom. The predicted octanol–water partition coefficient (Wildman–Crippen LogP) is 3.37. The molecule has 4 rings (SSSR count). The molecule has 0 bridgehead atoms. The number of nitrogens with zero attached hydrogens (tertiary/aromatic N) is 2. The lowest BCUT2D eigenvalue weighted by Gasteiger charge is -2.48. The van der Waals surface area contributed by atoms with Crippen LogP contribution < -0.4 is 0 Å². The molecule has 0 saturated carbocycles. The molecule has 1 spiro atoms. The molecule has 0 N–H and O–H groups in total. The van der Waals surface area contributed by atoms with Crippen molar-refractivity contribution in [2.45, 2.75) is 38.3 Å². The van der Waals surface area contributed by atoms with Crippen molar-refractivity contribution in [3.05, 3.63) is 70.8 Å². The standard InChI is InChI=1S/C24H28N2O3/c1-18(27)26-16-20-8-4-6-10-22(20)24(17-26)11-13-25(14-12-24)15-19-7-3-5-9-21(19)23(28)29-2/h3-10H,11-17H2,1-2H3. The summed E-state index contributed by atoms with van der Waals surface area (Å²) in [6.07, 6.45) is 2.02. The summed E-state index contributed by atoms with van der Waals surface area (Å²) < 4.78 is 4.93. The second-order valence-electron chi connectivity index (χ2n) is 8.24. The van der Waals surface area contributed by atoms with Crippen molar-refractivity contribution in [2.75, 3.05) is 26.7 Å². The maximum absolute atomic E-state index is 12.1. The van der Waals surface area contributed by atoms with Gasteiger partial charge in [0.1, 0.15) is 0 Å². The fraction of sp³-hybridized carbons (Fsp3) is 0.417. The van der Waals surface area contributed by atoms with E-state index in [0.29, 0.717) is 12.1 Å². The van der Waals surface area contributed by atoms with Crippen molar-refractivity contribution in [3.63, 3.8) is 0 Å². The summed E-state index contributed by atoms with van der Waals surface area (Å²) in [6.45, 7) is 5.79. The van der Waals surface area contributed by atoms with Crippen molar-refractivity contribution in [3.8, 4) is 0 Å². The number of benzene rings is 2. The first-order valence-electron chi connectivity index (χ1n) is 10.2. The van der Waals surface area contributed by atoms with Gasteiger partial charge in [-0.05, 0) is 48.7 Å². The first-order chi connectivity index (χ1) is 14.0. The average molecular weight is 392 g/mol. The first kappa shape index (κ1) is 19.6. The highest BCUT2D eigenvalue weighted by Gasteiger charge is 2.42. The average Bonchev–Trinajstić information content (AvgIpc) is 2.75. The summed E-state index contributed by atoms with van der Waals surface area (Å²) in [4.78, 5) is 28.6. The molecule has 0 aromatic heterocycles. The van der Waals surface area contributed by atoms with Crippen molar-refractivity contribution in [1.82, 2.24) is 9.80 Å². The number of amides is 1. The molecule has 0 atom stereocenters. The van der Waals surface area contributed by atoms with Gasteiger partial charge in [0.2, 0.25) is 5.91 Å². The van der Waals surface area contributed by atoms with Gasteiger partial charge in [-0.15, -0.1) is 0 Å². The zero-order valence-electron chi connectivity index (χ0n) is 17.2. The van der Waals surface area contributed by atoms with Crippen molar-refractivity contribution in [2.24, 2.45) is 0 Å². The molecule has 152 valence electrons. The molecule has 0 radical (unpaired) electrons. The van der Waals surface area contributed by atoms with Crippen LogP contribution in [0.3, 0.4) is 0 Å². The molecule has 5 heteroatoms. The Morgan fingerprint density at radius 1 is 1.03 bits per heavy atom. The van der Waals surface area contributed by atoms with E-state index < -0.39 is 0 Å². The SMILES string of the molecule is COC(=O)c1ccccc1CN1CCC2(CC1)CN(C(C)=O)Cc1ccccc12. The van der Waals surface area contributed by atoms with Gasteiger partial charge in [0, 0.05) is 32.0 Å². The minimum atomic E-state index is -0.285. The van der Waals surface area contributed by atoms with Gasteiger partial charge in [-0.2, -0.15) is 0 Å². The number of ether oxygens (including phenoxy) is 1. The molecular formula is C24H28N2O3. The van der Waals surface area contributed by atoms with Gasteiger partial charge in [-0.25, -0.2) is 4.79 Å². The highest BCUT2D eigenvalue weighted by Crippen LogP contribution is 2.42. The van der Waals surface area contributed by atoms with Gasteiger partial charge in [0.15, 0.2) is 0 Å². The van der Waals surface area contributed by atoms with E-state index in [4.69, 9.17) is 4.74 Å². The van der Waals surface area contributed by atoms with E-state index in [-0.39, 0.29) is 17.3 Å². The topological polar surface area (TPSA) is 49.9 Å². The summed E-state index contributed by atoms with van der Waals surface area (Å²) in [5, 5.41) is 0. The summed E-state index contributed by atoms with van der Waals surface area (Å²) in [5.74, 6) is -0.138. The van der Waals surface area contributed by atoms with Crippen LogP contribution in [0.1, 0.15) is 46.8 Å². The number of hydrogen-bond donors (Lipinski definition) is 0. The van der Waals surface area contributed by atoms with E-state index in [2.05, 4.69) is 29.2 Å². The highest BCUT2D eigenvalue weighted by atomic mass is 16.5. The van der Waals surface area contributed by atoms with Crippen LogP contribution in [0.25, 0.3) is 0 Å². The van der Waals surface area contributed by atoms with Gasteiger partial charge in [-0.1, -0.05) is 42.5 Å². The Morgan fingerprint density at radius 2 is 1.72 bits per heavy atom. The van der Waals surface area contributed by atoms with E-state index in [0.717, 1.165) is 44.6 Å². The number of methoxy groups -OCH3 is 1. The molecule has 1 amide bonds. The number of fused-ring (bicyclic) bond motifs is 2. The molecule has 2 aliphatic rings. The van der Waals surface area contributed by atoms with Crippen LogP contribution >= 0.6 is 0 Å². The molecule has 29 heavy (non-hydrogen) atoms. The number of hydrogen-bond acceptors (Lipinski definition) is 4. The van der Waals surface area contributed by atoms with Crippen LogP contribution in [0.2, 0.25) is 0 Å². The van der Waals surface area contributed by atoms with Gasteiger partial charge < -0.3 is 9.64 Å². The molecule has 0 unspecified atom stereocenters. The quantitative estimate of drug-likeness (QED) is 0.752. The summed E-state index contributed by atoms with van der Waals surface area (Å²) in [6, 6.07) is 16.3. The lowest BCUT2D eigenvalue weighted by molar-refractivity contribution is -0.131. The van der Waals surface area contributed by atoms with E-state index in [1.165, 1.54) is 18.2 Å². The van der Waals surface area contributed by atoms with Crippen LogP contribution in [-0.4, -0.2) is 48.4 Å². The normalized spacial score (nSPS) is 18.3. The van der Waals surface area contributed by atoms with Gasteiger partial charge in [0.05, 0.1) is 12.7 Å². The van der Waals surface area contributed by atoms with Crippen LogP contribution in [0.5, 0.6) is 0 Å². The van der Waals surface area contributed by atoms with E-state index in [9.17, 15) is 9.59 Å². The Kier molecular flexibility index (Phi) is 5.41. The fourth-order valence-corrected chi connectivity index (χ4v) is 4.89. The monoisotopic (exact) mass is 392 g/mol. The Balaban J connectivity index is 1.52. The van der Waals surface area contributed by atoms with Crippen molar-refractivity contribution < 1.29 is 14.3 Å². The molecule has 2 aromatic rings. The van der Waals surface area contributed by atoms with Gasteiger partial charge in [-0.3, -0.25) is 9.69 Å². The molecule has 1 fully saturated rings. The van der Waals surface area contributed by atoms with Gasteiger partial charge >= 0.3 is 5.97 Å². The summed E-state index contributed by atoms with van der Waals surface area (Å²) in [5.41, 5.74) is 4.36. The van der Waals surface area contributed by atoms with Gasteiger partial charge in [0.25, 0.3) is 0 Å². The second-order valence-corrected chi connectivity index (χ2v) is 8.24. The van der Waals surface area contributed by atoms with E-state index in [1.54, 1.807) is 6.92 Å². The molecule has 1 saturated heterocycles. The molecule has 5 nitrogen and oxygen atoms in total. The lowest BCUT2D eigenvalue weighted by atomic mass is 9.68. The zero-order chi connectivity index (χ0) is 20.4. The van der Waals surface area contributed by atoms with Crippen molar-refractivity contribution >= 4 is 11.9 Å². The number of carbonyl (C=O) groups excluding carboxylic acids is 2. The minimum Gasteiger partial charge on any atom is -0.465 e. The molecule has 0 aliphatic carbocycles. The maximum Gasteiger partial charge on any atom is 0.338 e. The zero-order valence-corrected chi connectivity index (χ0v) is 17.2. The van der Waals surface area contributed by atoms with E-state index >= 15 is 0 Å². The van der Waals surface area contributed by atoms with Crippen LogP contribution in [0.15, 0.2) is 48.5 Å². The molecule has 2 aromatic carbocycles. The van der Waals surface area contributed by atoms with Crippen LogP contribution in [0, 0.1) is 0 Å². The Hall–Kier alpha value is -2.66. The van der Waals surface area contributed by atoms with Crippen molar-refractivity contribution in [1.29, 1.82) is 0 Å². The van der Waals surface area contributed by atoms with Crippen LogP contribution in [0.4, 0.5) is 0 Å².